The third-order valence-corrected chi connectivity index (χ3v) is 0.914. The van der Waals surface area contributed by atoms with Gasteiger partial charge in [0, 0.05) is 6.42 Å². The Morgan fingerprint density at radius 2 is 2.22 bits per heavy atom. The second-order valence-corrected chi connectivity index (χ2v) is 2.12. The van der Waals surface area contributed by atoms with Crippen LogP contribution in [0.1, 0.15) is 20.3 Å². The molecule has 0 heterocycles. The first-order valence-corrected chi connectivity index (χ1v) is 3.10. The highest BCUT2D eigenvalue weighted by Crippen LogP contribution is 1.87. The van der Waals surface area contributed by atoms with Crippen molar-refractivity contribution in [3.63, 3.8) is 0 Å². The van der Waals surface area contributed by atoms with Gasteiger partial charge in [-0.2, -0.15) is 0 Å². The average molecular weight is 126 g/mol. The Hall–Kier alpha value is -0.790. The molecule has 0 aromatic heterocycles. The summed E-state index contributed by atoms with van der Waals surface area (Å²) < 4.78 is 0. The smallest absolute Gasteiger partial charge is 0.0938 e. The molecule has 0 unspecified atom stereocenters. The van der Waals surface area contributed by atoms with Crippen molar-refractivity contribution >= 4 is 5.84 Å². The lowest BCUT2D eigenvalue weighted by molar-refractivity contribution is 1.10. The highest BCUT2D eigenvalue weighted by molar-refractivity contribution is 5.79. The first-order chi connectivity index (χ1) is 4.16. The minimum atomic E-state index is 0.666. The van der Waals surface area contributed by atoms with Crippen molar-refractivity contribution in [3.8, 4) is 0 Å². The summed E-state index contributed by atoms with van der Waals surface area (Å²) in [6, 6.07) is 0. The zero-order valence-electron chi connectivity index (χ0n) is 6.15. The molecule has 52 valence electrons. The van der Waals surface area contributed by atoms with Crippen molar-refractivity contribution < 1.29 is 0 Å². The summed E-state index contributed by atoms with van der Waals surface area (Å²) in [4.78, 5) is 4.04. The number of hydrogen-bond acceptors (Lipinski definition) is 1. The molecule has 0 spiro atoms. The molecule has 2 nitrogen and oxygen atoms in total. The van der Waals surface area contributed by atoms with Gasteiger partial charge < -0.3 is 5.73 Å². The first kappa shape index (κ1) is 8.21. The van der Waals surface area contributed by atoms with Gasteiger partial charge in [0.25, 0.3) is 0 Å². The van der Waals surface area contributed by atoms with Gasteiger partial charge in [0.15, 0.2) is 0 Å². The topological polar surface area (TPSA) is 38.4 Å². The summed E-state index contributed by atoms with van der Waals surface area (Å²) in [5, 5.41) is 0. The van der Waals surface area contributed by atoms with E-state index in [1.165, 1.54) is 0 Å². The monoisotopic (exact) mass is 126 g/mol. The fraction of sp³-hybridized carbons (Fsp3) is 0.571. The highest BCUT2D eigenvalue weighted by atomic mass is 14.8. The van der Waals surface area contributed by atoms with Crippen LogP contribution in [-0.2, 0) is 0 Å². The van der Waals surface area contributed by atoms with Crippen LogP contribution in [0.5, 0.6) is 0 Å². The molecule has 0 bridgehead atoms. The predicted molar refractivity (Wildman–Crippen MR) is 41.6 cm³/mol. The van der Waals surface area contributed by atoms with Crippen molar-refractivity contribution in [1.29, 1.82) is 0 Å². The van der Waals surface area contributed by atoms with Gasteiger partial charge in [-0.1, -0.05) is 19.1 Å². The summed E-state index contributed by atoms with van der Waals surface area (Å²) in [7, 11) is 0. The lowest BCUT2D eigenvalue weighted by Gasteiger charge is -1.94. The van der Waals surface area contributed by atoms with Gasteiger partial charge >= 0.3 is 0 Å². The SMILES string of the molecule is C=C(C)CN=C(N)CC. The minimum absolute atomic E-state index is 0.666. The van der Waals surface area contributed by atoms with Gasteiger partial charge in [-0.3, -0.25) is 4.99 Å². The van der Waals surface area contributed by atoms with Crippen LogP contribution in [0.4, 0.5) is 0 Å². The maximum Gasteiger partial charge on any atom is 0.0938 e. The number of rotatable bonds is 3. The molecule has 0 saturated carbocycles. The van der Waals surface area contributed by atoms with E-state index < -0.39 is 0 Å². The van der Waals surface area contributed by atoms with E-state index in [0.717, 1.165) is 12.0 Å². The second kappa shape index (κ2) is 4.13. The van der Waals surface area contributed by atoms with E-state index in [0.29, 0.717) is 12.4 Å². The molecular formula is C7H14N2. The largest absolute Gasteiger partial charge is 0.387 e. The summed E-state index contributed by atoms with van der Waals surface area (Å²) in [5.41, 5.74) is 6.48. The van der Waals surface area contributed by atoms with E-state index in [2.05, 4.69) is 11.6 Å². The van der Waals surface area contributed by atoms with E-state index in [1.807, 2.05) is 13.8 Å². The van der Waals surface area contributed by atoms with E-state index in [1.54, 1.807) is 0 Å². The maximum atomic E-state index is 5.43. The average Bonchev–Trinajstić information content (AvgIpc) is 1.83. The van der Waals surface area contributed by atoms with Crippen LogP contribution < -0.4 is 5.73 Å². The van der Waals surface area contributed by atoms with Crippen LogP contribution in [0.15, 0.2) is 17.1 Å². The van der Waals surface area contributed by atoms with Gasteiger partial charge in [-0.25, -0.2) is 0 Å². The van der Waals surface area contributed by atoms with Crippen LogP contribution in [0.2, 0.25) is 0 Å². The summed E-state index contributed by atoms with van der Waals surface area (Å²) in [6.07, 6.45) is 0.827. The molecule has 0 aliphatic carbocycles. The maximum absolute atomic E-state index is 5.43. The normalized spacial score (nSPS) is 11.6. The van der Waals surface area contributed by atoms with Crippen LogP contribution in [0, 0.1) is 0 Å². The highest BCUT2D eigenvalue weighted by Gasteiger charge is 1.84. The van der Waals surface area contributed by atoms with Crippen LogP contribution in [0.3, 0.4) is 0 Å². The number of nitrogens with zero attached hydrogens (tertiary/aromatic N) is 1. The molecular weight excluding hydrogens is 112 g/mol. The minimum Gasteiger partial charge on any atom is -0.387 e. The third kappa shape index (κ3) is 5.07. The van der Waals surface area contributed by atoms with Gasteiger partial charge in [-0.15, -0.1) is 0 Å². The Balaban J connectivity index is 3.56. The van der Waals surface area contributed by atoms with Crippen molar-refractivity contribution in [3.05, 3.63) is 12.2 Å². The Kier molecular flexibility index (Phi) is 3.76. The molecule has 0 radical (unpaired) electrons. The molecule has 0 fully saturated rings. The Bertz CT molecular complexity index is 125. The summed E-state index contributed by atoms with van der Waals surface area (Å²) in [5.74, 6) is 0.706. The van der Waals surface area contributed by atoms with Gasteiger partial charge in [-0.05, 0) is 6.92 Å². The quantitative estimate of drug-likeness (QED) is 0.346. The van der Waals surface area contributed by atoms with Crippen molar-refractivity contribution in [2.24, 2.45) is 10.7 Å². The third-order valence-electron chi connectivity index (χ3n) is 0.914. The Morgan fingerprint density at radius 3 is 2.56 bits per heavy atom. The molecule has 0 atom stereocenters. The Labute approximate surface area is 56.5 Å². The number of amidine groups is 1. The molecule has 9 heavy (non-hydrogen) atoms. The molecule has 0 aliphatic heterocycles. The van der Waals surface area contributed by atoms with Gasteiger partial charge in [0.05, 0.1) is 12.4 Å². The van der Waals surface area contributed by atoms with Crippen LogP contribution >= 0.6 is 0 Å². The van der Waals surface area contributed by atoms with Crippen LogP contribution in [0.25, 0.3) is 0 Å². The molecule has 0 aromatic carbocycles. The van der Waals surface area contributed by atoms with Crippen molar-refractivity contribution in [2.45, 2.75) is 20.3 Å². The Morgan fingerprint density at radius 1 is 1.67 bits per heavy atom. The molecule has 0 aromatic rings. The zero-order chi connectivity index (χ0) is 7.28. The molecule has 0 aliphatic rings. The van der Waals surface area contributed by atoms with E-state index in [9.17, 15) is 0 Å². The molecule has 0 amide bonds. The summed E-state index contributed by atoms with van der Waals surface area (Å²) in [6.45, 7) is 8.29. The first-order valence-electron chi connectivity index (χ1n) is 3.10. The molecule has 0 saturated heterocycles. The number of aliphatic imine (C=N–C) groups is 1. The molecule has 0 rings (SSSR count). The van der Waals surface area contributed by atoms with Gasteiger partial charge in [0.2, 0.25) is 0 Å². The fourth-order valence-corrected chi connectivity index (χ4v) is 0.348. The van der Waals surface area contributed by atoms with Crippen LogP contribution in [-0.4, -0.2) is 12.4 Å². The lowest BCUT2D eigenvalue weighted by Crippen LogP contribution is -2.10. The zero-order valence-corrected chi connectivity index (χ0v) is 6.15. The van der Waals surface area contributed by atoms with E-state index >= 15 is 0 Å². The number of hydrogen-bond donors (Lipinski definition) is 1. The standard InChI is InChI=1S/C7H14N2/c1-4-7(8)9-5-6(2)3/h2,4-5H2,1,3H3,(H2,8,9). The molecule has 2 N–H and O–H groups in total. The molecule has 2 heteroatoms. The number of nitrogens with two attached hydrogens (primary N) is 1. The fourth-order valence-electron chi connectivity index (χ4n) is 0.348. The summed E-state index contributed by atoms with van der Waals surface area (Å²) >= 11 is 0. The predicted octanol–water partition coefficient (Wildman–Crippen LogP) is 1.33. The van der Waals surface area contributed by atoms with Crippen molar-refractivity contribution in [1.82, 2.24) is 0 Å². The van der Waals surface area contributed by atoms with Gasteiger partial charge in [0.1, 0.15) is 0 Å². The van der Waals surface area contributed by atoms with Crippen molar-refractivity contribution in [2.75, 3.05) is 6.54 Å². The van der Waals surface area contributed by atoms with E-state index in [4.69, 9.17) is 5.73 Å². The second-order valence-electron chi connectivity index (χ2n) is 2.12. The lowest BCUT2D eigenvalue weighted by atomic mass is 10.3. The van der Waals surface area contributed by atoms with E-state index in [-0.39, 0.29) is 0 Å².